The molecule has 4 heteroatoms. The molecule has 1 amide bonds. The van der Waals surface area contributed by atoms with E-state index in [0.717, 1.165) is 24.0 Å². The minimum Gasteiger partial charge on any atom is -0.515 e. The fourth-order valence-electron chi connectivity index (χ4n) is 2.45. The third kappa shape index (κ3) is 5.38. The van der Waals surface area contributed by atoms with Crippen molar-refractivity contribution in [2.75, 3.05) is 6.61 Å². The molecule has 2 N–H and O–H groups in total. The van der Waals surface area contributed by atoms with Crippen LogP contribution in [-0.4, -0.2) is 17.6 Å². The average molecular weight is 353 g/mol. The van der Waals surface area contributed by atoms with Crippen LogP contribution >= 0.6 is 0 Å². The van der Waals surface area contributed by atoms with E-state index >= 15 is 0 Å². The maximum Gasteiger partial charge on any atom is 0.255 e. The van der Waals surface area contributed by atoms with Crippen LogP contribution in [0, 0.1) is 5.92 Å². The van der Waals surface area contributed by atoms with Gasteiger partial charge in [-0.3, -0.25) is 4.79 Å². The highest BCUT2D eigenvalue weighted by Gasteiger charge is 2.16. The van der Waals surface area contributed by atoms with E-state index in [-0.39, 0.29) is 17.5 Å². The van der Waals surface area contributed by atoms with Crippen LogP contribution in [0.2, 0.25) is 0 Å². The van der Waals surface area contributed by atoms with E-state index in [0.29, 0.717) is 18.1 Å². The molecule has 0 spiro atoms. The summed E-state index contributed by atoms with van der Waals surface area (Å²) in [5.74, 6) is 0.925. The standard InChI is InChI=1S/C22H27NO3/c1-4-16(2)15-26-20-12-10-19(11-13-20)21(14-24)22(25)23-17(3)18-8-6-5-7-9-18/h5-14,16-17,24H,4,15H2,1-3H3,(H,23,25)/b21-14+/t16-,17-/m1/s1. The van der Waals surface area contributed by atoms with Crippen molar-refractivity contribution in [1.29, 1.82) is 0 Å². The molecule has 0 aliphatic heterocycles. The van der Waals surface area contributed by atoms with E-state index in [9.17, 15) is 9.90 Å². The molecule has 0 radical (unpaired) electrons. The molecule has 26 heavy (non-hydrogen) atoms. The first-order chi connectivity index (χ1) is 12.5. The van der Waals surface area contributed by atoms with Gasteiger partial charge in [0.2, 0.25) is 0 Å². The lowest BCUT2D eigenvalue weighted by Crippen LogP contribution is -2.27. The van der Waals surface area contributed by atoms with Gasteiger partial charge in [0.1, 0.15) is 5.75 Å². The number of nitrogens with one attached hydrogen (secondary N) is 1. The molecule has 0 unspecified atom stereocenters. The number of benzene rings is 2. The summed E-state index contributed by atoms with van der Waals surface area (Å²) in [6.07, 6.45) is 1.91. The molecule has 0 saturated heterocycles. The molecule has 0 aliphatic carbocycles. The van der Waals surface area contributed by atoms with Crippen molar-refractivity contribution in [3.05, 3.63) is 72.0 Å². The van der Waals surface area contributed by atoms with Crippen molar-refractivity contribution in [2.24, 2.45) is 5.92 Å². The summed E-state index contributed by atoms with van der Waals surface area (Å²) < 4.78 is 5.73. The Hall–Kier alpha value is -2.75. The molecular formula is C22H27NO3. The van der Waals surface area contributed by atoms with Crippen LogP contribution in [0.5, 0.6) is 5.75 Å². The number of hydrogen-bond donors (Lipinski definition) is 2. The Labute approximate surface area is 155 Å². The van der Waals surface area contributed by atoms with Crippen LogP contribution in [-0.2, 0) is 4.79 Å². The van der Waals surface area contributed by atoms with Crippen LogP contribution in [0.3, 0.4) is 0 Å². The molecule has 4 nitrogen and oxygen atoms in total. The Kier molecular flexibility index (Phi) is 7.27. The smallest absolute Gasteiger partial charge is 0.255 e. The van der Waals surface area contributed by atoms with Gasteiger partial charge in [0.15, 0.2) is 0 Å². The normalized spacial score (nSPS) is 13.7. The number of amides is 1. The lowest BCUT2D eigenvalue weighted by atomic mass is 10.0. The Morgan fingerprint density at radius 2 is 1.77 bits per heavy atom. The Morgan fingerprint density at radius 3 is 2.35 bits per heavy atom. The van der Waals surface area contributed by atoms with Gasteiger partial charge in [-0.05, 0) is 36.1 Å². The van der Waals surface area contributed by atoms with Crippen molar-refractivity contribution in [3.63, 3.8) is 0 Å². The summed E-state index contributed by atoms with van der Waals surface area (Å²) in [5, 5.41) is 12.5. The van der Waals surface area contributed by atoms with Gasteiger partial charge >= 0.3 is 0 Å². The second-order valence-corrected chi connectivity index (χ2v) is 6.50. The Morgan fingerprint density at radius 1 is 1.12 bits per heavy atom. The summed E-state index contributed by atoms with van der Waals surface area (Å²) in [6.45, 7) is 6.84. The first-order valence-electron chi connectivity index (χ1n) is 8.98. The third-order valence-electron chi connectivity index (χ3n) is 4.42. The molecule has 0 aromatic heterocycles. The predicted octanol–water partition coefficient (Wildman–Crippen LogP) is 4.89. The summed E-state index contributed by atoms with van der Waals surface area (Å²) in [5.41, 5.74) is 1.87. The minimum atomic E-state index is -0.322. The number of hydrogen-bond acceptors (Lipinski definition) is 3. The van der Waals surface area contributed by atoms with Crippen molar-refractivity contribution < 1.29 is 14.6 Å². The molecule has 2 atom stereocenters. The predicted molar refractivity (Wildman–Crippen MR) is 105 cm³/mol. The number of aliphatic hydroxyl groups is 1. The first-order valence-corrected chi connectivity index (χ1v) is 8.98. The molecule has 0 heterocycles. The highest BCUT2D eigenvalue weighted by atomic mass is 16.5. The van der Waals surface area contributed by atoms with Gasteiger partial charge in [-0.2, -0.15) is 0 Å². The first kappa shape index (κ1) is 19.6. The average Bonchev–Trinajstić information content (AvgIpc) is 2.68. The summed E-state index contributed by atoms with van der Waals surface area (Å²) in [7, 11) is 0. The second-order valence-electron chi connectivity index (χ2n) is 6.50. The molecule has 2 aromatic carbocycles. The maximum absolute atomic E-state index is 12.5. The maximum atomic E-state index is 12.5. The van der Waals surface area contributed by atoms with E-state index in [2.05, 4.69) is 19.2 Å². The second kappa shape index (κ2) is 9.66. The zero-order chi connectivity index (χ0) is 18.9. The quantitative estimate of drug-likeness (QED) is 0.525. The monoisotopic (exact) mass is 353 g/mol. The van der Waals surface area contributed by atoms with Crippen molar-refractivity contribution in [3.8, 4) is 5.75 Å². The van der Waals surface area contributed by atoms with E-state index in [1.807, 2.05) is 49.4 Å². The van der Waals surface area contributed by atoms with Crippen LogP contribution in [0.1, 0.15) is 44.4 Å². The van der Waals surface area contributed by atoms with Crippen LogP contribution < -0.4 is 10.1 Å². The number of rotatable bonds is 8. The fourth-order valence-corrected chi connectivity index (χ4v) is 2.45. The number of carbonyl (C=O) groups excluding carboxylic acids is 1. The summed E-state index contributed by atoms with van der Waals surface area (Å²) in [6, 6.07) is 16.7. The molecule has 2 aromatic rings. The number of ether oxygens (including phenoxy) is 1. The molecule has 0 fully saturated rings. The molecule has 0 bridgehead atoms. The van der Waals surface area contributed by atoms with Crippen molar-refractivity contribution in [2.45, 2.75) is 33.2 Å². The van der Waals surface area contributed by atoms with Crippen LogP contribution in [0.15, 0.2) is 60.9 Å². The summed E-state index contributed by atoms with van der Waals surface area (Å²) >= 11 is 0. The number of aliphatic hydroxyl groups excluding tert-OH is 1. The van der Waals surface area contributed by atoms with Gasteiger partial charge in [0.25, 0.3) is 5.91 Å². The van der Waals surface area contributed by atoms with Gasteiger partial charge in [-0.15, -0.1) is 0 Å². The molecule has 2 rings (SSSR count). The van der Waals surface area contributed by atoms with Crippen molar-refractivity contribution >= 4 is 11.5 Å². The van der Waals surface area contributed by atoms with Gasteiger partial charge in [-0.1, -0.05) is 62.7 Å². The van der Waals surface area contributed by atoms with Gasteiger partial charge < -0.3 is 15.2 Å². The zero-order valence-corrected chi connectivity index (χ0v) is 15.6. The molecule has 138 valence electrons. The lowest BCUT2D eigenvalue weighted by Gasteiger charge is -2.16. The van der Waals surface area contributed by atoms with Crippen LogP contribution in [0.25, 0.3) is 5.57 Å². The molecule has 0 aliphatic rings. The van der Waals surface area contributed by atoms with Gasteiger partial charge in [0.05, 0.1) is 24.5 Å². The third-order valence-corrected chi connectivity index (χ3v) is 4.42. The largest absolute Gasteiger partial charge is 0.515 e. The highest BCUT2D eigenvalue weighted by molar-refractivity contribution is 6.19. The number of carbonyl (C=O) groups is 1. The topological polar surface area (TPSA) is 58.6 Å². The molecular weight excluding hydrogens is 326 g/mol. The van der Waals surface area contributed by atoms with E-state index < -0.39 is 0 Å². The van der Waals surface area contributed by atoms with Gasteiger partial charge in [-0.25, -0.2) is 0 Å². The fraction of sp³-hybridized carbons (Fsp3) is 0.318. The van der Waals surface area contributed by atoms with E-state index in [1.54, 1.807) is 12.1 Å². The van der Waals surface area contributed by atoms with E-state index in [4.69, 9.17) is 4.74 Å². The molecule has 0 saturated carbocycles. The highest BCUT2D eigenvalue weighted by Crippen LogP contribution is 2.21. The van der Waals surface area contributed by atoms with Crippen molar-refractivity contribution in [1.82, 2.24) is 5.32 Å². The SMILES string of the molecule is CC[C@@H](C)COc1ccc(/C(=C\O)C(=O)N[C@H](C)c2ccccc2)cc1. The minimum absolute atomic E-state index is 0.156. The summed E-state index contributed by atoms with van der Waals surface area (Å²) in [4.78, 5) is 12.5. The lowest BCUT2D eigenvalue weighted by molar-refractivity contribution is -0.116. The Balaban J connectivity index is 2.02. The van der Waals surface area contributed by atoms with E-state index in [1.165, 1.54) is 0 Å². The van der Waals surface area contributed by atoms with Gasteiger partial charge in [0, 0.05) is 0 Å². The Bertz CT molecular complexity index is 723. The zero-order valence-electron chi connectivity index (χ0n) is 15.6. The van der Waals surface area contributed by atoms with Crippen LogP contribution in [0.4, 0.5) is 0 Å².